The van der Waals surface area contributed by atoms with E-state index in [0.29, 0.717) is 25.0 Å². The van der Waals surface area contributed by atoms with E-state index in [1.807, 2.05) is 6.07 Å². The van der Waals surface area contributed by atoms with Gasteiger partial charge in [-0.05, 0) is 56.2 Å². The first-order valence-corrected chi connectivity index (χ1v) is 11.7. The highest BCUT2D eigenvalue weighted by Gasteiger charge is 2.43. The van der Waals surface area contributed by atoms with Gasteiger partial charge in [0.1, 0.15) is 5.82 Å². The van der Waals surface area contributed by atoms with Crippen molar-refractivity contribution in [3.63, 3.8) is 0 Å². The highest BCUT2D eigenvalue weighted by atomic mass is 32.2. The van der Waals surface area contributed by atoms with Crippen molar-refractivity contribution in [2.45, 2.75) is 49.9 Å². The average molecular weight is 396 g/mol. The summed E-state index contributed by atoms with van der Waals surface area (Å²) in [5.74, 6) is 0.145. The molecule has 0 radical (unpaired) electrons. The molecule has 1 N–H and O–H groups in total. The second kappa shape index (κ2) is 7.78. The zero-order valence-electron chi connectivity index (χ0n) is 16.0. The van der Waals surface area contributed by atoms with Crippen LogP contribution in [0.5, 0.6) is 0 Å². The summed E-state index contributed by atoms with van der Waals surface area (Å²) in [7, 11) is -3.10. The van der Waals surface area contributed by atoms with Crippen molar-refractivity contribution in [3.05, 3.63) is 35.6 Å². The molecule has 0 amide bonds. The lowest BCUT2D eigenvalue weighted by atomic mass is 9.84. The number of nitrogens with zero attached hydrogens (tertiary/aromatic N) is 2. The molecule has 4 rings (SSSR count). The molecular formula is C20H30FN3O2S. The molecule has 1 aromatic carbocycles. The minimum absolute atomic E-state index is 0.138. The number of hydrogen-bond donors (Lipinski definition) is 1. The molecule has 3 aliphatic rings. The molecule has 27 heavy (non-hydrogen) atoms. The van der Waals surface area contributed by atoms with Gasteiger partial charge >= 0.3 is 0 Å². The Bertz CT molecular complexity index is 760. The largest absolute Gasteiger partial charge is 0.314 e. The highest BCUT2D eigenvalue weighted by Crippen LogP contribution is 2.39. The Labute approximate surface area is 162 Å². The minimum atomic E-state index is -3.10. The molecule has 2 atom stereocenters. The Morgan fingerprint density at radius 1 is 1.15 bits per heavy atom. The van der Waals surface area contributed by atoms with Crippen LogP contribution < -0.4 is 5.32 Å². The fourth-order valence-corrected chi connectivity index (χ4v) is 6.59. The van der Waals surface area contributed by atoms with E-state index in [2.05, 4.69) is 17.1 Å². The lowest BCUT2D eigenvalue weighted by Gasteiger charge is -2.45. The molecule has 1 unspecified atom stereocenters. The maximum Gasteiger partial charge on any atom is 0.216 e. The number of benzene rings is 1. The Hall–Kier alpha value is -1.02. The summed E-state index contributed by atoms with van der Waals surface area (Å²) >= 11 is 0. The molecular weight excluding hydrogens is 365 g/mol. The summed E-state index contributed by atoms with van der Waals surface area (Å²) in [5.41, 5.74) is 1.02. The van der Waals surface area contributed by atoms with Crippen LogP contribution in [0.2, 0.25) is 0 Å². The normalized spacial score (nSPS) is 27.6. The predicted molar refractivity (Wildman–Crippen MR) is 104 cm³/mol. The van der Waals surface area contributed by atoms with Crippen molar-refractivity contribution in [2.24, 2.45) is 5.92 Å². The monoisotopic (exact) mass is 395 g/mol. The fourth-order valence-electron chi connectivity index (χ4n) is 4.72. The van der Waals surface area contributed by atoms with Gasteiger partial charge in [0.2, 0.25) is 10.0 Å². The van der Waals surface area contributed by atoms with E-state index in [0.717, 1.165) is 50.9 Å². The predicted octanol–water partition coefficient (Wildman–Crippen LogP) is 2.36. The highest BCUT2D eigenvalue weighted by molar-refractivity contribution is 7.90. The summed E-state index contributed by atoms with van der Waals surface area (Å²) in [6, 6.07) is 7.48. The number of sulfonamides is 1. The third-order valence-electron chi connectivity index (χ3n) is 6.35. The van der Waals surface area contributed by atoms with Crippen LogP contribution in [0.1, 0.15) is 44.2 Å². The minimum Gasteiger partial charge on any atom is -0.314 e. The molecule has 1 saturated carbocycles. The smallest absolute Gasteiger partial charge is 0.216 e. The Balaban J connectivity index is 1.54. The van der Waals surface area contributed by atoms with Crippen LogP contribution in [-0.4, -0.2) is 61.6 Å². The first-order valence-electron chi connectivity index (χ1n) is 10.2. The molecule has 5 nitrogen and oxygen atoms in total. The van der Waals surface area contributed by atoms with Gasteiger partial charge in [-0.3, -0.25) is 4.90 Å². The molecule has 2 saturated heterocycles. The molecule has 3 fully saturated rings. The van der Waals surface area contributed by atoms with E-state index in [1.54, 1.807) is 16.4 Å². The van der Waals surface area contributed by atoms with Gasteiger partial charge in [0.25, 0.3) is 0 Å². The first kappa shape index (κ1) is 19.3. The zero-order chi connectivity index (χ0) is 19.0. The Kier molecular flexibility index (Phi) is 5.56. The van der Waals surface area contributed by atoms with Crippen LogP contribution in [0.3, 0.4) is 0 Å². The van der Waals surface area contributed by atoms with Crippen molar-refractivity contribution < 1.29 is 12.8 Å². The van der Waals surface area contributed by atoms with Crippen LogP contribution in [0, 0.1) is 11.7 Å². The molecule has 0 spiro atoms. The number of hydrogen-bond acceptors (Lipinski definition) is 4. The zero-order valence-corrected chi connectivity index (χ0v) is 16.8. The van der Waals surface area contributed by atoms with Gasteiger partial charge in [0, 0.05) is 44.8 Å². The first-order chi connectivity index (χ1) is 13.0. The summed E-state index contributed by atoms with van der Waals surface area (Å²) in [6.45, 7) is 6.20. The fraction of sp³-hybridized carbons (Fsp3) is 0.700. The molecule has 2 heterocycles. The Morgan fingerprint density at radius 3 is 2.52 bits per heavy atom. The van der Waals surface area contributed by atoms with Crippen LogP contribution in [0.25, 0.3) is 0 Å². The van der Waals surface area contributed by atoms with Crippen molar-refractivity contribution in [1.29, 1.82) is 0 Å². The molecule has 0 bridgehead atoms. The van der Waals surface area contributed by atoms with Gasteiger partial charge in [-0.15, -0.1) is 0 Å². The summed E-state index contributed by atoms with van der Waals surface area (Å²) in [5, 5.41) is 3.29. The number of rotatable bonds is 5. The van der Waals surface area contributed by atoms with E-state index in [-0.39, 0.29) is 17.1 Å². The molecule has 1 aliphatic carbocycles. The Morgan fingerprint density at radius 2 is 1.89 bits per heavy atom. The van der Waals surface area contributed by atoms with Gasteiger partial charge < -0.3 is 5.32 Å². The number of halogens is 1. The molecule has 1 aromatic rings. The second-order valence-corrected chi connectivity index (χ2v) is 10.5. The van der Waals surface area contributed by atoms with Gasteiger partial charge in [-0.2, -0.15) is 0 Å². The average Bonchev–Trinajstić information content (AvgIpc) is 3.50. The van der Waals surface area contributed by atoms with E-state index < -0.39 is 10.0 Å². The van der Waals surface area contributed by atoms with E-state index in [9.17, 15) is 12.8 Å². The van der Waals surface area contributed by atoms with Gasteiger partial charge in [-0.25, -0.2) is 17.1 Å². The van der Waals surface area contributed by atoms with E-state index in [4.69, 9.17) is 0 Å². The van der Waals surface area contributed by atoms with Crippen molar-refractivity contribution in [1.82, 2.24) is 14.5 Å². The molecule has 2 aliphatic heterocycles. The third-order valence-corrected chi connectivity index (χ3v) is 8.75. The number of piperazine rings is 1. The van der Waals surface area contributed by atoms with Crippen LogP contribution >= 0.6 is 0 Å². The van der Waals surface area contributed by atoms with Gasteiger partial charge in [-0.1, -0.05) is 12.1 Å². The SMILES string of the molecule is C[C@H]1CNCCN1C(c1cccc(F)c1)C1CCN(S(=O)(=O)C2CC2)CC1. The van der Waals surface area contributed by atoms with Crippen LogP contribution in [0.4, 0.5) is 4.39 Å². The quantitative estimate of drug-likeness (QED) is 0.832. The standard InChI is InChI=1S/C20H30FN3O2S/c1-15-14-22-9-12-24(15)20(17-3-2-4-18(21)13-17)16-7-10-23(11-8-16)27(25,26)19-5-6-19/h2-4,13,15-16,19-20,22H,5-12,14H2,1H3/t15-,20?/m0/s1. The molecule has 150 valence electrons. The van der Waals surface area contributed by atoms with Crippen molar-refractivity contribution in [2.75, 3.05) is 32.7 Å². The lowest BCUT2D eigenvalue weighted by Crippen LogP contribution is -2.53. The summed E-state index contributed by atoms with van der Waals surface area (Å²) in [6.07, 6.45) is 3.30. The molecule has 7 heteroatoms. The van der Waals surface area contributed by atoms with Gasteiger partial charge in [0.15, 0.2) is 0 Å². The van der Waals surface area contributed by atoms with Crippen LogP contribution in [-0.2, 0) is 10.0 Å². The van der Waals surface area contributed by atoms with Gasteiger partial charge in [0.05, 0.1) is 5.25 Å². The maximum absolute atomic E-state index is 14.0. The summed E-state index contributed by atoms with van der Waals surface area (Å²) < 4.78 is 40.8. The lowest BCUT2D eigenvalue weighted by molar-refractivity contribution is 0.0581. The third kappa shape index (κ3) is 4.06. The number of nitrogens with one attached hydrogen (secondary N) is 1. The number of piperidine rings is 1. The molecule has 0 aromatic heterocycles. The topological polar surface area (TPSA) is 52.6 Å². The van der Waals surface area contributed by atoms with E-state index >= 15 is 0 Å². The second-order valence-electron chi connectivity index (χ2n) is 8.27. The maximum atomic E-state index is 14.0. The summed E-state index contributed by atoms with van der Waals surface area (Å²) in [4.78, 5) is 2.49. The van der Waals surface area contributed by atoms with Crippen molar-refractivity contribution >= 4 is 10.0 Å². The van der Waals surface area contributed by atoms with E-state index in [1.165, 1.54) is 6.07 Å². The van der Waals surface area contributed by atoms with Crippen molar-refractivity contribution in [3.8, 4) is 0 Å². The van der Waals surface area contributed by atoms with Crippen LogP contribution in [0.15, 0.2) is 24.3 Å².